The van der Waals surface area contributed by atoms with E-state index in [2.05, 4.69) is 39.5 Å². The molecule has 1 aliphatic rings. The van der Waals surface area contributed by atoms with Gasteiger partial charge in [-0.2, -0.15) is 0 Å². The Morgan fingerprint density at radius 2 is 2.25 bits per heavy atom. The second-order valence-electron chi connectivity index (χ2n) is 4.59. The minimum atomic E-state index is 0.218. The largest absolute Gasteiger partial charge is 0.324 e. The summed E-state index contributed by atoms with van der Waals surface area (Å²) in [6, 6.07) is 6.58. The quantitative estimate of drug-likeness (QED) is 0.889. The fourth-order valence-corrected chi connectivity index (χ4v) is 3.86. The van der Waals surface area contributed by atoms with Gasteiger partial charge < -0.3 is 5.73 Å². The van der Waals surface area contributed by atoms with Gasteiger partial charge in [0.15, 0.2) is 0 Å². The number of hydrogen-bond acceptors (Lipinski definition) is 2. The highest BCUT2D eigenvalue weighted by Crippen LogP contribution is 2.40. The molecule has 0 amide bonds. The van der Waals surface area contributed by atoms with Crippen molar-refractivity contribution in [2.24, 2.45) is 11.7 Å². The first kappa shape index (κ1) is 10.8. The van der Waals surface area contributed by atoms with Crippen molar-refractivity contribution in [2.45, 2.75) is 25.3 Å². The molecule has 2 N–H and O–H groups in total. The third-order valence-electron chi connectivity index (χ3n) is 3.27. The number of halogens is 1. The van der Waals surface area contributed by atoms with E-state index in [1.165, 1.54) is 33.0 Å². The molecule has 2 aromatic rings. The Morgan fingerprint density at radius 1 is 1.44 bits per heavy atom. The lowest BCUT2D eigenvalue weighted by Crippen LogP contribution is -2.10. The summed E-state index contributed by atoms with van der Waals surface area (Å²) in [5.41, 5.74) is 7.61. The zero-order chi connectivity index (χ0) is 11.1. The van der Waals surface area contributed by atoms with Gasteiger partial charge in [-0.3, -0.25) is 0 Å². The Hall–Kier alpha value is -0.380. The molecule has 1 fully saturated rings. The van der Waals surface area contributed by atoms with Crippen LogP contribution in [0.1, 0.15) is 30.9 Å². The van der Waals surface area contributed by atoms with Crippen LogP contribution in [-0.4, -0.2) is 0 Å². The molecule has 0 aliphatic heterocycles. The van der Waals surface area contributed by atoms with E-state index in [-0.39, 0.29) is 6.04 Å². The van der Waals surface area contributed by atoms with Crippen LogP contribution >= 0.6 is 27.3 Å². The van der Waals surface area contributed by atoms with Crippen molar-refractivity contribution in [3.05, 3.63) is 33.6 Å². The van der Waals surface area contributed by atoms with E-state index in [1.54, 1.807) is 11.3 Å². The van der Waals surface area contributed by atoms with Crippen LogP contribution in [0.15, 0.2) is 28.1 Å². The average Bonchev–Trinajstić information content (AvgIpc) is 2.96. The summed E-state index contributed by atoms with van der Waals surface area (Å²) >= 11 is 5.38. The maximum absolute atomic E-state index is 6.29. The van der Waals surface area contributed by atoms with Crippen LogP contribution in [-0.2, 0) is 0 Å². The Balaban J connectivity index is 1.99. The second kappa shape index (κ2) is 4.13. The molecule has 1 aromatic heterocycles. The standard InChI is InChI=1S/C13H14BrNS/c14-11-3-1-2-9-10(7-16-13(9)11)12(15)6-8-4-5-8/h1-3,7-8,12H,4-6,15H2. The van der Waals surface area contributed by atoms with Crippen LogP contribution in [0.3, 0.4) is 0 Å². The van der Waals surface area contributed by atoms with Crippen LogP contribution < -0.4 is 5.73 Å². The highest BCUT2D eigenvalue weighted by Gasteiger charge is 2.25. The average molecular weight is 296 g/mol. The molecule has 1 heterocycles. The van der Waals surface area contributed by atoms with Gasteiger partial charge in [0.05, 0.1) is 0 Å². The summed E-state index contributed by atoms with van der Waals surface area (Å²) < 4.78 is 2.50. The molecule has 1 unspecified atom stereocenters. The van der Waals surface area contributed by atoms with Crippen LogP contribution in [0, 0.1) is 5.92 Å². The number of rotatable bonds is 3. The topological polar surface area (TPSA) is 26.0 Å². The molecule has 84 valence electrons. The molecule has 1 aromatic carbocycles. The molecule has 0 saturated heterocycles. The van der Waals surface area contributed by atoms with Crippen LogP contribution in [0.5, 0.6) is 0 Å². The highest BCUT2D eigenvalue weighted by molar-refractivity contribution is 9.10. The molecule has 16 heavy (non-hydrogen) atoms. The molecule has 0 bridgehead atoms. The van der Waals surface area contributed by atoms with Gasteiger partial charge >= 0.3 is 0 Å². The number of nitrogens with two attached hydrogens (primary N) is 1. The minimum Gasteiger partial charge on any atom is -0.324 e. The Bertz CT molecular complexity index is 516. The SMILES string of the molecule is NC(CC1CC1)c1csc2c(Br)cccc12. The van der Waals surface area contributed by atoms with E-state index in [0.717, 1.165) is 12.3 Å². The van der Waals surface area contributed by atoms with Gasteiger partial charge in [-0.1, -0.05) is 25.0 Å². The van der Waals surface area contributed by atoms with Gasteiger partial charge in [-0.15, -0.1) is 11.3 Å². The predicted molar refractivity (Wildman–Crippen MR) is 73.8 cm³/mol. The van der Waals surface area contributed by atoms with Gasteiger partial charge in [0.1, 0.15) is 0 Å². The number of fused-ring (bicyclic) bond motifs is 1. The monoisotopic (exact) mass is 295 g/mol. The highest BCUT2D eigenvalue weighted by atomic mass is 79.9. The van der Waals surface area contributed by atoms with E-state index < -0.39 is 0 Å². The maximum Gasteiger partial charge on any atom is 0.0488 e. The van der Waals surface area contributed by atoms with Gasteiger partial charge in [0, 0.05) is 15.2 Å². The van der Waals surface area contributed by atoms with Crippen LogP contribution in [0.25, 0.3) is 10.1 Å². The molecule has 0 spiro atoms. The van der Waals surface area contributed by atoms with Crippen LogP contribution in [0.2, 0.25) is 0 Å². The van der Waals surface area contributed by atoms with E-state index in [4.69, 9.17) is 5.73 Å². The molecular weight excluding hydrogens is 282 g/mol. The molecule has 3 heteroatoms. The number of thiophene rings is 1. The first-order valence-electron chi connectivity index (χ1n) is 5.67. The van der Waals surface area contributed by atoms with Gasteiger partial charge in [-0.25, -0.2) is 0 Å². The summed E-state index contributed by atoms with van der Waals surface area (Å²) in [6.07, 6.45) is 3.90. The van der Waals surface area contributed by atoms with E-state index in [9.17, 15) is 0 Å². The Morgan fingerprint density at radius 3 is 3.00 bits per heavy atom. The first-order valence-corrected chi connectivity index (χ1v) is 7.34. The predicted octanol–water partition coefficient (Wildman–Crippen LogP) is 4.46. The summed E-state index contributed by atoms with van der Waals surface area (Å²) in [7, 11) is 0. The molecule has 1 atom stereocenters. The Labute approximate surface area is 108 Å². The first-order chi connectivity index (χ1) is 7.75. The molecule has 1 nitrogen and oxygen atoms in total. The normalized spacial score (nSPS) is 17.9. The third-order valence-corrected chi connectivity index (χ3v) is 5.24. The lowest BCUT2D eigenvalue weighted by Gasteiger charge is -2.09. The molecular formula is C13H14BrNS. The van der Waals surface area contributed by atoms with Crippen molar-refractivity contribution >= 4 is 37.4 Å². The zero-order valence-electron chi connectivity index (χ0n) is 8.95. The summed E-state index contributed by atoms with van der Waals surface area (Å²) in [5.74, 6) is 0.886. The van der Waals surface area contributed by atoms with E-state index in [1.807, 2.05) is 0 Å². The third kappa shape index (κ3) is 1.92. The lowest BCUT2D eigenvalue weighted by molar-refractivity contribution is 0.601. The fourth-order valence-electron chi connectivity index (χ4n) is 2.17. The summed E-state index contributed by atoms with van der Waals surface area (Å²) in [4.78, 5) is 0. The minimum absolute atomic E-state index is 0.218. The van der Waals surface area contributed by atoms with Gasteiger partial charge in [0.25, 0.3) is 0 Å². The summed E-state index contributed by atoms with van der Waals surface area (Å²) in [5, 5.41) is 3.55. The summed E-state index contributed by atoms with van der Waals surface area (Å²) in [6.45, 7) is 0. The van der Waals surface area contributed by atoms with Crippen molar-refractivity contribution in [1.29, 1.82) is 0 Å². The molecule has 0 radical (unpaired) electrons. The number of benzene rings is 1. The van der Waals surface area contributed by atoms with E-state index >= 15 is 0 Å². The van der Waals surface area contributed by atoms with Crippen molar-refractivity contribution < 1.29 is 0 Å². The van der Waals surface area contributed by atoms with Crippen molar-refractivity contribution in [2.75, 3.05) is 0 Å². The molecule has 3 rings (SSSR count). The Kier molecular flexibility index (Phi) is 2.78. The smallest absolute Gasteiger partial charge is 0.0488 e. The zero-order valence-corrected chi connectivity index (χ0v) is 11.4. The maximum atomic E-state index is 6.29. The van der Waals surface area contributed by atoms with E-state index in [0.29, 0.717) is 0 Å². The van der Waals surface area contributed by atoms with Crippen LogP contribution in [0.4, 0.5) is 0 Å². The second-order valence-corrected chi connectivity index (χ2v) is 6.33. The van der Waals surface area contributed by atoms with Gasteiger partial charge in [0.2, 0.25) is 0 Å². The fraction of sp³-hybridized carbons (Fsp3) is 0.385. The van der Waals surface area contributed by atoms with Crippen molar-refractivity contribution in [3.8, 4) is 0 Å². The van der Waals surface area contributed by atoms with Gasteiger partial charge in [-0.05, 0) is 50.7 Å². The molecule has 1 aliphatic carbocycles. The lowest BCUT2D eigenvalue weighted by atomic mass is 10.0. The molecule has 1 saturated carbocycles. The van der Waals surface area contributed by atoms with Crippen molar-refractivity contribution in [3.63, 3.8) is 0 Å². The number of hydrogen-bond donors (Lipinski definition) is 1. The van der Waals surface area contributed by atoms with Crippen molar-refractivity contribution in [1.82, 2.24) is 0 Å².